The minimum Gasteiger partial charge on any atom is -0.462 e. The van der Waals surface area contributed by atoms with Gasteiger partial charge >= 0.3 is 19.8 Å². The second-order valence-electron chi connectivity index (χ2n) is 16.8. The first-order valence-corrected chi connectivity index (χ1v) is 26.5. The number of rotatable bonds is 47. The molecule has 0 saturated heterocycles. The van der Waals surface area contributed by atoms with Crippen molar-refractivity contribution in [2.45, 2.75) is 271 Å². The van der Waals surface area contributed by atoms with E-state index in [9.17, 15) is 19.0 Å². The molecule has 0 heterocycles. The zero-order valence-electron chi connectivity index (χ0n) is 38.5. The first-order chi connectivity index (χ1) is 28.3. The van der Waals surface area contributed by atoms with E-state index in [2.05, 4.69) is 26.0 Å². The average Bonchev–Trinajstić information content (AvgIpc) is 3.20. The van der Waals surface area contributed by atoms with Crippen molar-refractivity contribution in [2.75, 3.05) is 19.8 Å². The maximum atomic E-state index is 12.6. The van der Waals surface area contributed by atoms with Crippen molar-refractivity contribution in [3.05, 3.63) is 12.2 Å². The third kappa shape index (κ3) is 44.3. The highest BCUT2D eigenvalue weighted by Crippen LogP contribution is 2.43. The number of allylic oxidation sites excluding steroid dienone is 2. The van der Waals surface area contributed by atoms with Crippen molar-refractivity contribution in [3.8, 4) is 0 Å². The summed E-state index contributed by atoms with van der Waals surface area (Å²) in [6.07, 6.45) is 49.9. The minimum atomic E-state index is -4.28. The quantitative estimate of drug-likeness (QED) is 0.0279. The fourth-order valence-electron chi connectivity index (χ4n) is 7.39. The normalized spacial score (nSPS) is 13.2. The van der Waals surface area contributed by atoms with Gasteiger partial charge in [-0.05, 0) is 45.4 Å². The molecule has 0 fully saturated rings. The molecule has 0 spiro atoms. The Balaban J connectivity index is 3.96. The SMILES string of the molecule is CCCCCCCCC/C=C\CCCCCCCCCC(=O)OC(COC(=O)CCCCCCCCCCCCCCCCCCCCCC)COP(=O)(O)OCC. The van der Waals surface area contributed by atoms with Crippen molar-refractivity contribution in [1.29, 1.82) is 0 Å². The first-order valence-electron chi connectivity index (χ1n) is 25.0. The third-order valence-electron chi connectivity index (χ3n) is 11.1. The van der Waals surface area contributed by atoms with Gasteiger partial charge in [-0.25, -0.2) is 4.57 Å². The summed E-state index contributed by atoms with van der Waals surface area (Å²) in [5.74, 6) is -0.786. The van der Waals surface area contributed by atoms with Gasteiger partial charge in [0.15, 0.2) is 6.10 Å². The monoisotopic (exact) mass is 843 g/mol. The van der Waals surface area contributed by atoms with Gasteiger partial charge in [0.1, 0.15) is 6.61 Å². The van der Waals surface area contributed by atoms with Crippen LogP contribution in [-0.4, -0.2) is 42.8 Å². The molecule has 0 aromatic rings. The molecule has 0 saturated carbocycles. The minimum absolute atomic E-state index is 0.00307. The van der Waals surface area contributed by atoms with Crippen molar-refractivity contribution in [2.24, 2.45) is 0 Å². The van der Waals surface area contributed by atoms with Crippen molar-refractivity contribution >= 4 is 19.8 Å². The molecule has 2 unspecified atom stereocenters. The van der Waals surface area contributed by atoms with Gasteiger partial charge in [0.25, 0.3) is 0 Å². The maximum absolute atomic E-state index is 12.6. The highest BCUT2D eigenvalue weighted by molar-refractivity contribution is 7.47. The zero-order valence-corrected chi connectivity index (χ0v) is 39.4. The van der Waals surface area contributed by atoms with Crippen molar-refractivity contribution in [3.63, 3.8) is 0 Å². The lowest BCUT2D eigenvalue weighted by Gasteiger charge is -2.19. The summed E-state index contributed by atoms with van der Waals surface area (Å²) in [5, 5.41) is 0. The van der Waals surface area contributed by atoms with E-state index in [1.54, 1.807) is 6.92 Å². The second kappa shape index (κ2) is 45.3. The Hall–Kier alpha value is -1.21. The molecule has 9 heteroatoms. The summed E-state index contributed by atoms with van der Waals surface area (Å²) in [5.41, 5.74) is 0. The number of hydrogen-bond donors (Lipinski definition) is 1. The third-order valence-corrected chi connectivity index (χ3v) is 12.1. The van der Waals surface area contributed by atoms with E-state index in [1.165, 1.54) is 186 Å². The first kappa shape index (κ1) is 56.8. The van der Waals surface area contributed by atoms with Gasteiger partial charge in [0.05, 0.1) is 13.2 Å². The van der Waals surface area contributed by atoms with Crippen molar-refractivity contribution in [1.82, 2.24) is 0 Å². The van der Waals surface area contributed by atoms with Crippen LogP contribution in [0.3, 0.4) is 0 Å². The van der Waals surface area contributed by atoms with E-state index in [-0.39, 0.29) is 32.2 Å². The van der Waals surface area contributed by atoms with E-state index in [1.807, 2.05) is 0 Å². The standard InChI is InChI=1S/C49H95O8P/c1-4-7-9-11-13-15-17-19-21-23-25-26-28-29-31-33-35-37-39-41-43-48(50)54-45-47(46-56-58(52,53)55-6-3)57-49(51)44-42-40-38-36-34-32-30-27-24-22-20-18-16-14-12-10-8-5-2/h22,24,47H,4-21,23,25-46H2,1-3H3,(H,52,53)/b24-22-. The average molecular weight is 843 g/mol. The molecule has 0 rings (SSSR count). The molecule has 0 amide bonds. The Labute approximate surface area is 359 Å². The molecular formula is C49H95O8P. The zero-order chi connectivity index (χ0) is 42.5. The van der Waals surface area contributed by atoms with Crippen LogP contribution >= 0.6 is 7.82 Å². The van der Waals surface area contributed by atoms with Crippen LogP contribution in [0.25, 0.3) is 0 Å². The van der Waals surface area contributed by atoms with E-state index >= 15 is 0 Å². The summed E-state index contributed by atoms with van der Waals surface area (Å²) in [6, 6.07) is 0. The summed E-state index contributed by atoms with van der Waals surface area (Å²) in [7, 11) is -4.28. The molecular weight excluding hydrogens is 748 g/mol. The molecule has 0 aliphatic carbocycles. The number of ether oxygens (including phenoxy) is 2. The number of unbranched alkanes of at least 4 members (excludes halogenated alkanes) is 33. The smallest absolute Gasteiger partial charge is 0.462 e. The van der Waals surface area contributed by atoms with Crippen LogP contribution in [0, 0.1) is 0 Å². The van der Waals surface area contributed by atoms with Gasteiger partial charge in [-0.3, -0.25) is 18.6 Å². The van der Waals surface area contributed by atoms with Crippen LogP contribution in [0.15, 0.2) is 12.2 Å². The largest absolute Gasteiger partial charge is 0.472 e. The fraction of sp³-hybridized carbons (Fsp3) is 0.918. The lowest BCUT2D eigenvalue weighted by molar-refractivity contribution is -0.161. The molecule has 0 aromatic heterocycles. The topological polar surface area (TPSA) is 108 Å². The number of phosphoric ester groups is 1. The molecule has 2 atom stereocenters. The molecule has 1 N–H and O–H groups in total. The summed E-state index contributed by atoms with van der Waals surface area (Å²) in [4.78, 5) is 34.9. The van der Waals surface area contributed by atoms with Gasteiger partial charge in [-0.1, -0.05) is 219 Å². The van der Waals surface area contributed by atoms with E-state index in [0.717, 1.165) is 38.5 Å². The van der Waals surface area contributed by atoms with Crippen molar-refractivity contribution < 1.29 is 37.6 Å². The molecule has 58 heavy (non-hydrogen) atoms. The number of hydrogen-bond acceptors (Lipinski definition) is 7. The van der Waals surface area contributed by atoms with Crippen LogP contribution in [-0.2, 0) is 32.7 Å². The van der Waals surface area contributed by atoms with Gasteiger partial charge in [0.2, 0.25) is 0 Å². The molecule has 8 nitrogen and oxygen atoms in total. The lowest BCUT2D eigenvalue weighted by Crippen LogP contribution is -2.29. The Morgan fingerprint density at radius 2 is 0.776 bits per heavy atom. The molecule has 344 valence electrons. The van der Waals surface area contributed by atoms with Crippen LogP contribution < -0.4 is 0 Å². The number of carbonyl (C=O) groups is 2. The number of esters is 2. The van der Waals surface area contributed by atoms with Gasteiger partial charge in [-0.15, -0.1) is 0 Å². The van der Waals surface area contributed by atoms with Crippen LogP contribution in [0.2, 0.25) is 0 Å². The fourth-order valence-corrected chi connectivity index (χ4v) is 8.15. The molecule has 0 aromatic carbocycles. The maximum Gasteiger partial charge on any atom is 0.472 e. The van der Waals surface area contributed by atoms with Gasteiger partial charge in [-0.2, -0.15) is 0 Å². The summed E-state index contributed by atoms with van der Waals surface area (Å²) in [6.45, 7) is 5.53. The molecule has 0 radical (unpaired) electrons. The Bertz CT molecular complexity index is 957. The predicted molar refractivity (Wildman–Crippen MR) is 244 cm³/mol. The van der Waals surface area contributed by atoms with E-state index in [4.69, 9.17) is 18.5 Å². The van der Waals surface area contributed by atoms with Gasteiger partial charge in [0, 0.05) is 12.8 Å². The van der Waals surface area contributed by atoms with E-state index in [0.29, 0.717) is 12.8 Å². The molecule has 0 aliphatic rings. The molecule has 0 bridgehead atoms. The van der Waals surface area contributed by atoms with Crippen LogP contribution in [0.1, 0.15) is 265 Å². The number of phosphoric acid groups is 1. The lowest BCUT2D eigenvalue weighted by atomic mass is 10.0. The summed E-state index contributed by atoms with van der Waals surface area (Å²) < 4.78 is 32.8. The molecule has 0 aliphatic heterocycles. The van der Waals surface area contributed by atoms with Crippen LogP contribution in [0.5, 0.6) is 0 Å². The highest BCUT2D eigenvalue weighted by Gasteiger charge is 2.25. The predicted octanol–water partition coefficient (Wildman–Crippen LogP) is 16.0. The van der Waals surface area contributed by atoms with E-state index < -0.39 is 19.9 Å². The summed E-state index contributed by atoms with van der Waals surface area (Å²) >= 11 is 0. The number of carbonyl (C=O) groups excluding carboxylic acids is 2. The van der Waals surface area contributed by atoms with Gasteiger partial charge < -0.3 is 14.4 Å². The Morgan fingerprint density at radius 3 is 1.14 bits per heavy atom. The Morgan fingerprint density at radius 1 is 0.448 bits per heavy atom. The van der Waals surface area contributed by atoms with Crippen LogP contribution in [0.4, 0.5) is 0 Å². The highest BCUT2D eigenvalue weighted by atomic mass is 31.2. The Kier molecular flexibility index (Phi) is 44.4. The second-order valence-corrected chi connectivity index (χ2v) is 18.3.